The molecule has 1 aliphatic heterocycles. The standard InChI is InChI=1S/C19H21Cl2N3O4S/c1-13-19(14(2)28-22-13)29(26,27)24-9-3-8-23(10-11-24)18(25)7-5-15-4-6-16(20)12-17(15)21/h4-7,12H,3,8-11H2,1-2H3/b7-5+. The van der Waals surface area contributed by atoms with Crippen molar-refractivity contribution in [2.45, 2.75) is 25.2 Å². The fourth-order valence-corrected chi connectivity index (χ4v) is 5.46. The highest BCUT2D eigenvalue weighted by atomic mass is 35.5. The summed E-state index contributed by atoms with van der Waals surface area (Å²) in [5.41, 5.74) is 1.02. The molecule has 0 spiro atoms. The largest absolute Gasteiger partial charge is 0.360 e. The molecule has 29 heavy (non-hydrogen) atoms. The number of halogens is 2. The monoisotopic (exact) mass is 457 g/mol. The molecule has 0 saturated carbocycles. The molecule has 2 aromatic rings. The van der Waals surface area contributed by atoms with E-state index in [2.05, 4.69) is 5.16 Å². The minimum absolute atomic E-state index is 0.106. The lowest BCUT2D eigenvalue weighted by Gasteiger charge is -2.21. The number of rotatable bonds is 4. The summed E-state index contributed by atoms with van der Waals surface area (Å²) < 4.78 is 32.3. The number of carbonyl (C=O) groups is 1. The fraction of sp³-hybridized carbons (Fsp3) is 0.368. The van der Waals surface area contributed by atoms with Crippen molar-refractivity contribution in [2.75, 3.05) is 26.2 Å². The van der Waals surface area contributed by atoms with Crippen LogP contribution in [0.2, 0.25) is 10.0 Å². The summed E-state index contributed by atoms with van der Waals surface area (Å²) in [6, 6.07) is 5.03. The lowest BCUT2D eigenvalue weighted by Crippen LogP contribution is -2.37. The van der Waals surface area contributed by atoms with Crippen LogP contribution in [0.4, 0.5) is 0 Å². The molecule has 3 rings (SSSR count). The van der Waals surface area contributed by atoms with Crippen LogP contribution < -0.4 is 0 Å². The average Bonchev–Trinajstić information content (AvgIpc) is 2.85. The van der Waals surface area contributed by atoms with Crippen molar-refractivity contribution in [1.29, 1.82) is 0 Å². The van der Waals surface area contributed by atoms with Crippen molar-refractivity contribution in [3.8, 4) is 0 Å². The van der Waals surface area contributed by atoms with Crippen molar-refractivity contribution in [1.82, 2.24) is 14.4 Å². The molecule has 10 heteroatoms. The Kier molecular flexibility index (Phi) is 6.68. The molecule has 1 saturated heterocycles. The van der Waals surface area contributed by atoms with E-state index in [9.17, 15) is 13.2 Å². The molecular formula is C19H21Cl2N3O4S. The summed E-state index contributed by atoms with van der Waals surface area (Å²) in [6.07, 6.45) is 3.60. The lowest BCUT2D eigenvalue weighted by molar-refractivity contribution is -0.125. The van der Waals surface area contributed by atoms with E-state index < -0.39 is 10.0 Å². The molecule has 1 aromatic heterocycles. The Morgan fingerprint density at radius 3 is 2.59 bits per heavy atom. The number of aryl methyl sites for hydroxylation is 2. The van der Waals surface area contributed by atoms with Gasteiger partial charge in [0, 0.05) is 42.3 Å². The first-order valence-corrected chi connectivity index (χ1v) is 11.2. The topological polar surface area (TPSA) is 83.7 Å². The van der Waals surface area contributed by atoms with Crippen LogP contribution in [-0.4, -0.2) is 54.9 Å². The molecule has 7 nitrogen and oxygen atoms in total. The maximum atomic E-state index is 13.0. The predicted octanol–water partition coefficient (Wildman–Crippen LogP) is 3.53. The van der Waals surface area contributed by atoms with Gasteiger partial charge in [-0.3, -0.25) is 4.79 Å². The van der Waals surface area contributed by atoms with Crippen LogP contribution in [0.1, 0.15) is 23.4 Å². The SMILES string of the molecule is Cc1noc(C)c1S(=O)(=O)N1CCCN(C(=O)/C=C/c2ccc(Cl)cc2Cl)CC1. The van der Waals surface area contributed by atoms with Gasteiger partial charge in [0.1, 0.15) is 10.6 Å². The van der Waals surface area contributed by atoms with Gasteiger partial charge < -0.3 is 9.42 Å². The highest BCUT2D eigenvalue weighted by molar-refractivity contribution is 7.89. The van der Waals surface area contributed by atoms with Gasteiger partial charge in [-0.1, -0.05) is 34.4 Å². The number of benzene rings is 1. The van der Waals surface area contributed by atoms with E-state index in [0.717, 1.165) is 0 Å². The minimum atomic E-state index is -3.73. The Bertz CT molecular complexity index is 1030. The van der Waals surface area contributed by atoms with Gasteiger partial charge in [-0.25, -0.2) is 8.42 Å². The zero-order chi connectivity index (χ0) is 21.2. The fourth-order valence-electron chi connectivity index (χ4n) is 3.23. The molecule has 0 N–H and O–H groups in total. The van der Waals surface area contributed by atoms with Gasteiger partial charge in [-0.2, -0.15) is 4.31 Å². The zero-order valence-corrected chi connectivity index (χ0v) is 18.4. The number of aromatic nitrogens is 1. The smallest absolute Gasteiger partial charge is 0.248 e. The van der Waals surface area contributed by atoms with E-state index in [-0.39, 0.29) is 23.1 Å². The van der Waals surface area contributed by atoms with Gasteiger partial charge in [0.15, 0.2) is 5.76 Å². The van der Waals surface area contributed by atoms with Crippen LogP contribution >= 0.6 is 23.2 Å². The molecule has 1 aromatic carbocycles. The van der Waals surface area contributed by atoms with E-state index in [0.29, 0.717) is 47.4 Å². The molecule has 1 aliphatic rings. The van der Waals surface area contributed by atoms with Crippen LogP contribution in [0.3, 0.4) is 0 Å². The Balaban J connectivity index is 1.69. The van der Waals surface area contributed by atoms with E-state index in [1.165, 1.54) is 10.4 Å². The van der Waals surface area contributed by atoms with E-state index in [1.54, 1.807) is 43.0 Å². The second-order valence-electron chi connectivity index (χ2n) is 6.74. The zero-order valence-electron chi connectivity index (χ0n) is 16.1. The number of hydrogen-bond donors (Lipinski definition) is 0. The van der Waals surface area contributed by atoms with Gasteiger partial charge in [-0.15, -0.1) is 0 Å². The van der Waals surface area contributed by atoms with Gasteiger partial charge in [-0.05, 0) is 44.0 Å². The summed E-state index contributed by atoms with van der Waals surface area (Å²) >= 11 is 12.0. The lowest BCUT2D eigenvalue weighted by atomic mass is 10.2. The summed E-state index contributed by atoms with van der Waals surface area (Å²) in [7, 11) is -3.73. The molecule has 0 atom stereocenters. The van der Waals surface area contributed by atoms with Crippen molar-refractivity contribution in [3.63, 3.8) is 0 Å². The second kappa shape index (κ2) is 8.87. The molecule has 156 valence electrons. The average molecular weight is 458 g/mol. The third-order valence-electron chi connectivity index (χ3n) is 4.70. The first-order valence-electron chi connectivity index (χ1n) is 9.05. The number of amides is 1. The number of sulfonamides is 1. The Hall–Kier alpha value is -1.87. The van der Waals surface area contributed by atoms with Crippen LogP contribution in [-0.2, 0) is 14.8 Å². The minimum Gasteiger partial charge on any atom is -0.360 e. The number of nitrogens with zero attached hydrogens (tertiary/aromatic N) is 3. The summed E-state index contributed by atoms with van der Waals surface area (Å²) in [4.78, 5) is 14.3. The molecule has 0 radical (unpaired) electrons. The van der Waals surface area contributed by atoms with Crippen molar-refractivity contribution in [2.24, 2.45) is 0 Å². The van der Waals surface area contributed by atoms with Gasteiger partial charge in [0.05, 0.1) is 0 Å². The first kappa shape index (κ1) is 21.8. The van der Waals surface area contributed by atoms with Crippen molar-refractivity contribution in [3.05, 3.63) is 51.3 Å². The molecule has 1 amide bonds. The van der Waals surface area contributed by atoms with E-state index in [4.69, 9.17) is 27.7 Å². The third kappa shape index (κ3) is 4.83. The maximum Gasteiger partial charge on any atom is 0.248 e. The molecule has 2 heterocycles. The summed E-state index contributed by atoms with van der Waals surface area (Å²) in [6.45, 7) is 4.46. The second-order valence-corrected chi connectivity index (χ2v) is 9.45. The first-order chi connectivity index (χ1) is 13.7. The van der Waals surface area contributed by atoms with Crippen molar-refractivity contribution < 1.29 is 17.7 Å². The Labute approximate surface area is 179 Å². The normalized spacial score (nSPS) is 16.3. The van der Waals surface area contributed by atoms with Gasteiger partial charge >= 0.3 is 0 Å². The Morgan fingerprint density at radius 1 is 1.17 bits per heavy atom. The highest BCUT2D eigenvalue weighted by Gasteiger charge is 2.32. The summed E-state index contributed by atoms with van der Waals surface area (Å²) in [5, 5.41) is 4.71. The molecule has 0 unspecified atom stereocenters. The quantitative estimate of drug-likeness (QED) is 0.655. The summed E-state index contributed by atoms with van der Waals surface area (Å²) in [5.74, 6) is 0.0649. The molecular weight excluding hydrogens is 437 g/mol. The van der Waals surface area contributed by atoms with Crippen LogP contribution in [0, 0.1) is 13.8 Å². The molecule has 0 aliphatic carbocycles. The molecule has 1 fully saturated rings. The maximum absolute atomic E-state index is 13.0. The van der Waals surface area contributed by atoms with Crippen LogP contribution in [0.15, 0.2) is 33.7 Å². The van der Waals surface area contributed by atoms with Crippen LogP contribution in [0.5, 0.6) is 0 Å². The van der Waals surface area contributed by atoms with Gasteiger partial charge in [0.25, 0.3) is 0 Å². The van der Waals surface area contributed by atoms with Crippen molar-refractivity contribution >= 4 is 45.2 Å². The number of carbonyl (C=O) groups excluding carboxylic acids is 1. The van der Waals surface area contributed by atoms with Gasteiger partial charge in [0.2, 0.25) is 15.9 Å². The highest BCUT2D eigenvalue weighted by Crippen LogP contribution is 2.25. The van der Waals surface area contributed by atoms with E-state index in [1.807, 2.05) is 0 Å². The molecule has 0 bridgehead atoms. The third-order valence-corrected chi connectivity index (χ3v) is 7.41. The van der Waals surface area contributed by atoms with Crippen LogP contribution in [0.25, 0.3) is 6.08 Å². The Morgan fingerprint density at radius 2 is 1.93 bits per heavy atom. The van der Waals surface area contributed by atoms with E-state index >= 15 is 0 Å². The number of hydrogen-bond acceptors (Lipinski definition) is 5. The predicted molar refractivity (Wildman–Crippen MR) is 111 cm³/mol.